The minimum absolute atomic E-state index is 0.113. The summed E-state index contributed by atoms with van der Waals surface area (Å²) in [7, 11) is 0.765. The summed E-state index contributed by atoms with van der Waals surface area (Å²) < 4.78 is 36.5. The van der Waals surface area contributed by atoms with Crippen LogP contribution < -0.4 is 19.1 Å². The Morgan fingerprint density at radius 1 is 1.03 bits per heavy atom. The molecule has 2 amide bonds. The molecule has 9 nitrogen and oxygen atoms in total. The van der Waals surface area contributed by atoms with Crippen molar-refractivity contribution in [2.75, 3.05) is 38.4 Å². The molecule has 0 aliphatic rings. The molecular formula is C23H31N3O6S. The van der Waals surface area contributed by atoms with E-state index in [2.05, 4.69) is 5.32 Å². The highest BCUT2D eigenvalue weighted by molar-refractivity contribution is 7.92. The number of benzene rings is 2. The Bertz CT molecular complexity index is 1060. The Balaban J connectivity index is 2.42. The van der Waals surface area contributed by atoms with Crippen molar-refractivity contribution >= 4 is 27.5 Å². The molecule has 0 radical (unpaired) electrons. The average Bonchev–Trinajstić information content (AvgIpc) is 2.81. The molecule has 0 spiro atoms. The number of carbonyl (C=O) groups excluding carboxylic acids is 2. The molecule has 2 aromatic rings. The van der Waals surface area contributed by atoms with Crippen molar-refractivity contribution in [2.45, 2.75) is 25.9 Å². The van der Waals surface area contributed by atoms with Crippen molar-refractivity contribution in [1.29, 1.82) is 0 Å². The SMILES string of the molecule is CC[C@H](C(=O)NC)N(Cc1cccc(OC)c1)C(=O)CN(c1ccc(OC)cc1)S(C)(=O)=O. The van der Waals surface area contributed by atoms with E-state index in [4.69, 9.17) is 9.47 Å². The highest BCUT2D eigenvalue weighted by Crippen LogP contribution is 2.23. The van der Waals surface area contributed by atoms with Gasteiger partial charge in [0.1, 0.15) is 24.1 Å². The van der Waals surface area contributed by atoms with Crippen LogP contribution >= 0.6 is 0 Å². The summed E-state index contributed by atoms with van der Waals surface area (Å²) in [6.45, 7) is 1.45. The van der Waals surface area contributed by atoms with E-state index in [1.807, 2.05) is 6.07 Å². The van der Waals surface area contributed by atoms with Gasteiger partial charge in [-0.3, -0.25) is 13.9 Å². The zero-order valence-corrected chi connectivity index (χ0v) is 20.4. The predicted molar refractivity (Wildman–Crippen MR) is 127 cm³/mol. The molecule has 1 atom stereocenters. The fourth-order valence-corrected chi connectivity index (χ4v) is 4.27. The largest absolute Gasteiger partial charge is 0.497 e. The molecule has 2 aromatic carbocycles. The molecule has 0 unspecified atom stereocenters. The molecule has 0 bridgehead atoms. The van der Waals surface area contributed by atoms with Gasteiger partial charge in [-0.05, 0) is 48.4 Å². The lowest BCUT2D eigenvalue weighted by atomic mass is 10.1. The summed E-state index contributed by atoms with van der Waals surface area (Å²) in [6.07, 6.45) is 1.39. The minimum Gasteiger partial charge on any atom is -0.497 e. The Kier molecular flexibility index (Phi) is 9.10. The van der Waals surface area contributed by atoms with Gasteiger partial charge in [0.2, 0.25) is 21.8 Å². The van der Waals surface area contributed by atoms with Crippen LogP contribution in [0.1, 0.15) is 18.9 Å². The fraction of sp³-hybridized carbons (Fsp3) is 0.391. The third-order valence-corrected chi connectivity index (χ3v) is 6.30. The molecule has 0 saturated carbocycles. The van der Waals surface area contributed by atoms with Crippen LogP contribution in [0.5, 0.6) is 11.5 Å². The molecule has 0 aliphatic carbocycles. The van der Waals surface area contributed by atoms with Crippen LogP contribution in [-0.4, -0.2) is 65.2 Å². The second kappa shape index (κ2) is 11.6. The summed E-state index contributed by atoms with van der Waals surface area (Å²) in [4.78, 5) is 27.4. The van der Waals surface area contributed by atoms with Crippen molar-refractivity contribution < 1.29 is 27.5 Å². The van der Waals surface area contributed by atoms with Crippen LogP contribution in [0.4, 0.5) is 5.69 Å². The van der Waals surface area contributed by atoms with Gasteiger partial charge in [0.05, 0.1) is 26.2 Å². The minimum atomic E-state index is -3.78. The number of sulfonamides is 1. The van der Waals surface area contributed by atoms with Gasteiger partial charge in [0, 0.05) is 13.6 Å². The number of anilines is 1. The molecule has 0 fully saturated rings. The zero-order chi connectivity index (χ0) is 24.6. The van der Waals surface area contributed by atoms with Crippen molar-refractivity contribution in [3.8, 4) is 11.5 Å². The molecule has 180 valence electrons. The number of hydrogen-bond acceptors (Lipinski definition) is 6. The topological polar surface area (TPSA) is 105 Å². The second-order valence-electron chi connectivity index (χ2n) is 7.38. The predicted octanol–water partition coefficient (Wildman–Crippen LogP) is 2.02. The number of methoxy groups -OCH3 is 2. The van der Waals surface area contributed by atoms with Crippen LogP contribution in [0.3, 0.4) is 0 Å². The molecule has 2 rings (SSSR count). The first-order valence-corrected chi connectivity index (χ1v) is 12.2. The van der Waals surface area contributed by atoms with Gasteiger partial charge in [-0.25, -0.2) is 8.42 Å². The Labute approximate surface area is 195 Å². The Hall–Kier alpha value is -3.27. The maximum Gasteiger partial charge on any atom is 0.244 e. The lowest BCUT2D eigenvalue weighted by molar-refractivity contribution is -0.140. The maximum absolute atomic E-state index is 13.5. The standard InChI is InChI=1S/C23H31N3O6S/c1-6-21(23(28)24-2)25(15-17-8-7-9-20(14-17)32-4)22(27)16-26(33(5,29)30)18-10-12-19(31-3)13-11-18/h7-14,21H,6,15-16H2,1-5H3,(H,24,28)/t21-/m1/s1. The number of likely N-dealkylation sites (N-methyl/N-ethyl adjacent to an activating group) is 1. The molecular weight excluding hydrogens is 446 g/mol. The van der Waals surface area contributed by atoms with E-state index in [-0.39, 0.29) is 12.5 Å². The lowest BCUT2D eigenvalue weighted by Gasteiger charge is -2.32. The average molecular weight is 478 g/mol. The summed E-state index contributed by atoms with van der Waals surface area (Å²) in [5.41, 5.74) is 1.07. The third kappa shape index (κ3) is 6.85. The van der Waals surface area contributed by atoms with E-state index in [0.717, 1.165) is 16.1 Å². The number of carbonyl (C=O) groups is 2. The number of amides is 2. The highest BCUT2D eigenvalue weighted by atomic mass is 32.2. The maximum atomic E-state index is 13.5. The monoisotopic (exact) mass is 477 g/mol. The first-order chi connectivity index (χ1) is 15.6. The number of rotatable bonds is 11. The molecule has 10 heteroatoms. The highest BCUT2D eigenvalue weighted by Gasteiger charge is 2.31. The molecule has 0 aliphatic heterocycles. The van der Waals surface area contributed by atoms with Gasteiger partial charge >= 0.3 is 0 Å². The molecule has 0 heterocycles. The molecule has 33 heavy (non-hydrogen) atoms. The number of nitrogens with one attached hydrogen (secondary N) is 1. The van der Waals surface area contributed by atoms with Gasteiger partial charge in [0.25, 0.3) is 0 Å². The van der Waals surface area contributed by atoms with Crippen molar-refractivity contribution in [2.24, 2.45) is 0 Å². The second-order valence-corrected chi connectivity index (χ2v) is 9.29. The van der Waals surface area contributed by atoms with Gasteiger partial charge < -0.3 is 19.7 Å². The van der Waals surface area contributed by atoms with E-state index in [9.17, 15) is 18.0 Å². The third-order valence-electron chi connectivity index (χ3n) is 5.16. The molecule has 1 N–H and O–H groups in total. The normalized spacial score (nSPS) is 11.9. The summed E-state index contributed by atoms with van der Waals surface area (Å²) in [6, 6.07) is 12.7. The first kappa shape index (κ1) is 26.0. The van der Waals surface area contributed by atoms with Gasteiger partial charge in [0.15, 0.2) is 0 Å². The van der Waals surface area contributed by atoms with Gasteiger partial charge in [-0.15, -0.1) is 0 Å². The Morgan fingerprint density at radius 2 is 1.67 bits per heavy atom. The van der Waals surface area contributed by atoms with Gasteiger partial charge in [-0.1, -0.05) is 19.1 Å². The van der Waals surface area contributed by atoms with E-state index in [1.54, 1.807) is 56.5 Å². The summed E-state index contributed by atoms with van der Waals surface area (Å²) in [5.74, 6) is 0.339. The number of ether oxygens (including phenoxy) is 2. The van der Waals surface area contributed by atoms with Crippen LogP contribution in [-0.2, 0) is 26.2 Å². The lowest BCUT2D eigenvalue weighted by Crippen LogP contribution is -2.51. The number of hydrogen-bond donors (Lipinski definition) is 1. The number of nitrogens with zero attached hydrogens (tertiary/aromatic N) is 2. The van der Waals surface area contributed by atoms with E-state index in [0.29, 0.717) is 23.6 Å². The van der Waals surface area contributed by atoms with Crippen LogP contribution in [0.2, 0.25) is 0 Å². The summed E-state index contributed by atoms with van der Waals surface area (Å²) >= 11 is 0. The van der Waals surface area contributed by atoms with Crippen molar-refractivity contribution in [3.63, 3.8) is 0 Å². The smallest absolute Gasteiger partial charge is 0.244 e. The summed E-state index contributed by atoms with van der Waals surface area (Å²) in [5, 5.41) is 2.58. The zero-order valence-electron chi connectivity index (χ0n) is 19.6. The van der Waals surface area contributed by atoms with Crippen LogP contribution in [0.25, 0.3) is 0 Å². The van der Waals surface area contributed by atoms with Gasteiger partial charge in [-0.2, -0.15) is 0 Å². The van der Waals surface area contributed by atoms with Crippen LogP contribution in [0, 0.1) is 0 Å². The van der Waals surface area contributed by atoms with E-state index >= 15 is 0 Å². The van der Waals surface area contributed by atoms with Crippen molar-refractivity contribution in [1.82, 2.24) is 10.2 Å². The fourth-order valence-electron chi connectivity index (χ4n) is 3.42. The molecule has 0 saturated heterocycles. The Morgan fingerprint density at radius 3 is 2.18 bits per heavy atom. The molecule has 0 aromatic heterocycles. The quantitative estimate of drug-likeness (QED) is 0.531. The van der Waals surface area contributed by atoms with Crippen molar-refractivity contribution in [3.05, 3.63) is 54.1 Å². The van der Waals surface area contributed by atoms with E-state index < -0.39 is 28.5 Å². The van der Waals surface area contributed by atoms with Crippen LogP contribution in [0.15, 0.2) is 48.5 Å². The first-order valence-electron chi connectivity index (χ1n) is 10.4. The van der Waals surface area contributed by atoms with E-state index in [1.165, 1.54) is 19.1 Å².